The van der Waals surface area contributed by atoms with Gasteiger partial charge in [0.15, 0.2) is 0 Å². The van der Waals surface area contributed by atoms with Crippen molar-refractivity contribution < 1.29 is 17.6 Å². The van der Waals surface area contributed by atoms with E-state index in [1.807, 2.05) is 13.1 Å². The quantitative estimate of drug-likeness (QED) is 0.736. The number of aryl methyl sites for hydroxylation is 2. The van der Waals surface area contributed by atoms with E-state index in [2.05, 4.69) is 19.4 Å². The highest BCUT2D eigenvalue weighted by Gasteiger charge is 2.57. The molecule has 0 unspecified atom stereocenters. The number of piperidine rings is 1. The third-order valence-corrected chi connectivity index (χ3v) is 5.76. The van der Waals surface area contributed by atoms with E-state index in [1.54, 1.807) is 0 Å². The van der Waals surface area contributed by atoms with Crippen molar-refractivity contribution in [2.75, 3.05) is 26.3 Å². The molecule has 1 aliphatic carbocycles. The third kappa shape index (κ3) is 3.24. The predicted molar refractivity (Wildman–Crippen MR) is 93.0 cm³/mol. The summed E-state index contributed by atoms with van der Waals surface area (Å²) in [6.07, 6.45) is -0.423. The Labute approximate surface area is 155 Å². The molecule has 0 spiro atoms. The molecule has 0 radical (unpaired) electrons. The lowest BCUT2D eigenvalue weighted by molar-refractivity contribution is -0.138. The standard InChI is InChI=1S/C19H22F4N4/c1-3-17-25-16(12-6-15(19(21,22)23)11(2)24-7-12)10-27(17)18-13-8-26(5-4-20)9-14(13)18/h6-7,10,13-14,18H,3-5,8-9H2,1-2H3/t13-,14+,18+. The number of halogens is 4. The summed E-state index contributed by atoms with van der Waals surface area (Å²) >= 11 is 0. The fourth-order valence-electron chi connectivity index (χ4n) is 4.35. The number of fused-ring (bicyclic) bond motifs is 1. The number of alkyl halides is 4. The maximum atomic E-state index is 13.2. The Morgan fingerprint density at radius 2 is 1.93 bits per heavy atom. The zero-order valence-corrected chi connectivity index (χ0v) is 15.3. The lowest BCUT2D eigenvalue weighted by atomic mass is 10.1. The van der Waals surface area contributed by atoms with Crippen molar-refractivity contribution >= 4 is 0 Å². The van der Waals surface area contributed by atoms with Gasteiger partial charge in [0.1, 0.15) is 12.5 Å². The van der Waals surface area contributed by atoms with Crippen molar-refractivity contribution in [2.45, 2.75) is 32.5 Å². The highest BCUT2D eigenvalue weighted by Crippen LogP contribution is 2.55. The van der Waals surface area contributed by atoms with Gasteiger partial charge in [0, 0.05) is 55.7 Å². The monoisotopic (exact) mass is 382 g/mol. The van der Waals surface area contributed by atoms with Crippen LogP contribution < -0.4 is 0 Å². The molecule has 2 aromatic rings. The second-order valence-corrected chi connectivity index (χ2v) is 7.42. The molecule has 27 heavy (non-hydrogen) atoms. The SMILES string of the molecule is CCc1nc(-c2cnc(C)c(C(F)(F)F)c2)cn1[C@H]1[C@@H]2CN(CCF)C[C@@H]21. The molecule has 8 heteroatoms. The minimum Gasteiger partial charge on any atom is -0.331 e. The maximum absolute atomic E-state index is 13.2. The van der Waals surface area contributed by atoms with E-state index in [4.69, 9.17) is 0 Å². The molecule has 146 valence electrons. The third-order valence-electron chi connectivity index (χ3n) is 5.76. The van der Waals surface area contributed by atoms with E-state index < -0.39 is 11.7 Å². The molecular formula is C19H22F4N4. The molecule has 1 saturated heterocycles. The first kappa shape index (κ1) is 18.4. The summed E-state index contributed by atoms with van der Waals surface area (Å²) in [5, 5.41) is 0. The number of imidazole rings is 1. The smallest absolute Gasteiger partial charge is 0.331 e. The first-order valence-electron chi connectivity index (χ1n) is 9.23. The molecular weight excluding hydrogens is 360 g/mol. The molecule has 3 heterocycles. The molecule has 1 saturated carbocycles. The summed E-state index contributed by atoms with van der Waals surface area (Å²) < 4.78 is 54.2. The molecule has 0 amide bonds. The Kier molecular flexibility index (Phi) is 4.49. The predicted octanol–water partition coefficient (Wildman–Crippen LogP) is 3.91. The average molecular weight is 382 g/mol. The summed E-state index contributed by atoms with van der Waals surface area (Å²) in [5.41, 5.74) is 0.144. The van der Waals surface area contributed by atoms with E-state index in [1.165, 1.54) is 13.1 Å². The normalized spacial score (nSPS) is 25.0. The van der Waals surface area contributed by atoms with Crippen LogP contribution in [0.25, 0.3) is 11.3 Å². The van der Waals surface area contributed by atoms with Crippen molar-refractivity contribution in [3.05, 3.63) is 35.5 Å². The van der Waals surface area contributed by atoms with Crippen LogP contribution in [0.1, 0.15) is 30.0 Å². The van der Waals surface area contributed by atoms with Crippen LogP contribution >= 0.6 is 0 Å². The van der Waals surface area contributed by atoms with Gasteiger partial charge in [-0.05, 0) is 24.8 Å². The lowest BCUT2D eigenvalue weighted by Gasteiger charge is -2.18. The highest BCUT2D eigenvalue weighted by molar-refractivity contribution is 5.59. The molecule has 1 aliphatic heterocycles. The van der Waals surface area contributed by atoms with E-state index in [-0.39, 0.29) is 12.4 Å². The van der Waals surface area contributed by atoms with Crippen LogP contribution in [0.15, 0.2) is 18.5 Å². The van der Waals surface area contributed by atoms with Gasteiger partial charge in [-0.1, -0.05) is 6.92 Å². The number of nitrogens with zero attached hydrogens (tertiary/aromatic N) is 4. The fraction of sp³-hybridized carbons (Fsp3) is 0.579. The zero-order chi connectivity index (χ0) is 19.3. The van der Waals surface area contributed by atoms with Crippen molar-refractivity contribution in [1.29, 1.82) is 0 Å². The van der Waals surface area contributed by atoms with Crippen molar-refractivity contribution in [3.8, 4) is 11.3 Å². The molecule has 2 aromatic heterocycles. The van der Waals surface area contributed by atoms with Gasteiger partial charge in [0.25, 0.3) is 0 Å². The largest absolute Gasteiger partial charge is 0.418 e. The van der Waals surface area contributed by atoms with Gasteiger partial charge in [-0.3, -0.25) is 4.98 Å². The zero-order valence-electron chi connectivity index (χ0n) is 15.3. The lowest BCUT2D eigenvalue weighted by Crippen LogP contribution is -2.27. The molecule has 4 nitrogen and oxygen atoms in total. The van der Waals surface area contributed by atoms with Crippen LogP contribution in [0, 0.1) is 18.8 Å². The van der Waals surface area contributed by atoms with E-state index >= 15 is 0 Å². The second-order valence-electron chi connectivity index (χ2n) is 7.42. The van der Waals surface area contributed by atoms with Gasteiger partial charge < -0.3 is 9.47 Å². The van der Waals surface area contributed by atoms with Gasteiger partial charge in [-0.15, -0.1) is 0 Å². The van der Waals surface area contributed by atoms with Crippen LogP contribution in [0.4, 0.5) is 17.6 Å². The van der Waals surface area contributed by atoms with Gasteiger partial charge in [0.2, 0.25) is 0 Å². The van der Waals surface area contributed by atoms with Crippen LogP contribution in [-0.2, 0) is 12.6 Å². The van der Waals surface area contributed by atoms with Gasteiger partial charge >= 0.3 is 6.18 Å². The first-order chi connectivity index (χ1) is 12.8. The number of aromatic nitrogens is 3. The maximum Gasteiger partial charge on any atom is 0.418 e. The average Bonchev–Trinajstić information content (AvgIpc) is 2.98. The van der Waals surface area contributed by atoms with Crippen LogP contribution in [0.2, 0.25) is 0 Å². The molecule has 3 atom stereocenters. The number of pyridine rings is 1. The van der Waals surface area contributed by atoms with Crippen LogP contribution in [0.3, 0.4) is 0 Å². The minimum absolute atomic E-state index is 0.0360. The Morgan fingerprint density at radius 3 is 2.52 bits per heavy atom. The molecule has 0 N–H and O–H groups in total. The summed E-state index contributed by atoms with van der Waals surface area (Å²) in [7, 11) is 0. The molecule has 2 aliphatic rings. The van der Waals surface area contributed by atoms with Gasteiger partial charge in [0.05, 0.1) is 11.3 Å². The number of hydrogen-bond donors (Lipinski definition) is 0. The van der Waals surface area contributed by atoms with Gasteiger partial charge in [-0.2, -0.15) is 13.2 Å². The van der Waals surface area contributed by atoms with Gasteiger partial charge in [-0.25, -0.2) is 9.37 Å². The highest BCUT2D eigenvalue weighted by atomic mass is 19.4. The van der Waals surface area contributed by atoms with E-state index in [9.17, 15) is 17.6 Å². The molecule has 2 fully saturated rings. The molecule has 0 bridgehead atoms. The first-order valence-corrected chi connectivity index (χ1v) is 9.23. The number of hydrogen-bond acceptors (Lipinski definition) is 3. The van der Waals surface area contributed by atoms with Crippen LogP contribution in [0.5, 0.6) is 0 Å². The second kappa shape index (κ2) is 6.58. The van der Waals surface area contributed by atoms with Crippen LogP contribution in [-0.4, -0.2) is 45.7 Å². The van der Waals surface area contributed by atoms with Crippen molar-refractivity contribution in [3.63, 3.8) is 0 Å². The Balaban J connectivity index is 1.61. The Hall–Kier alpha value is -1.96. The van der Waals surface area contributed by atoms with E-state index in [0.29, 0.717) is 42.1 Å². The van der Waals surface area contributed by atoms with Crippen molar-refractivity contribution in [2.24, 2.45) is 11.8 Å². The summed E-state index contributed by atoms with van der Waals surface area (Å²) in [6, 6.07) is 1.45. The summed E-state index contributed by atoms with van der Waals surface area (Å²) in [4.78, 5) is 10.6. The van der Waals surface area contributed by atoms with E-state index in [0.717, 1.165) is 25.0 Å². The van der Waals surface area contributed by atoms with Crippen molar-refractivity contribution in [1.82, 2.24) is 19.4 Å². The number of rotatable bonds is 5. The summed E-state index contributed by atoms with van der Waals surface area (Å²) in [5.74, 6) is 1.83. The number of likely N-dealkylation sites (tertiary alicyclic amines) is 1. The Morgan fingerprint density at radius 1 is 1.22 bits per heavy atom. The minimum atomic E-state index is -4.43. The topological polar surface area (TPSA) is 34.0 Å². The molecule has 4 rings (SSSR count). The molecule has 0 aromatic carbocycles. The Bertz CT molecular complexity index is 833. The summed E-state index contributed by atoms with van der Waals surface area (Å²) in [6.45, 7) is 5.24. The fourth-order valence-corrected chi connectivity index (χ4v) is 4.35.